The molecule has 0 spiro atoms. The van der Waals surface area contributed by atoms with E-state index in [1.54, 1.807) is 18.2 Å². The first-order valence-electron chi connectivity index (χ1n) is 11.3. The Morgan fingerprint density at radius 1 is 0.759 bits per heavy atom. The first-order valence-corrected chi connectivity index (χ1v) is 11.3. The molecule has 1 aromatic carbocycles. The molecule has 0 saturated heterocycles. The van der Waals surface area contributed by atoms with Gasteiger partial charge in [0.2, 0.25) is 0 Å². The number of carbonyl (C=O) groups is 2. The minimum Gasteiger partial charge on any atom is -0.465 e. The Kier molecular flexibility index (Phi) is 13.1. The van der Waals surface area contributed by atoms with Gasteiger partial charge in [0.1, 0.15) is 0 Å². The van der Waals surface area contributed by atoms with Crippen LogP contribution in [0.25, 0.3) is 0 Å². The van der Waals surface area contributed by atoms with Gasteiger partial charge in [-0.2, -0.15) is 0 Å². The highest BCUT2D eigenvalue weighted by Crippen LogP contribution is 2.14. The number of benzene rings is 1. The predicted molar refractivity (Wildman–Crippen MR) is 118 cm³/mol. The van der Waals surface area contributed by atoms with Crippen molar-refractivity contribution in [2.45, 2.75) is 85.5 Å². The molecule has 0 aliphatic heterocycles. The second kappa shape index (κ2) is 15.1. The van der Waals surface area contributed by atoms with Crippen LogP contribution in [0.3, 0.4) is 0 Å². The summed E-state index contributed by atoms with van der Waals surface area (Å²) < 4.78 is 10.8. The molecule has 0 amide bonds. The minimum atomic E-state index is -0.356. The lowest BCUT2D eigenvalue weighted by molar-refractivity contribution is -0.142. The lowest BCUT2D eigenvalue weighted by atomic mass is 10.0. The Hall–Kier alpha value is -1.84. The highest BCUT2D eigenvalue weighted by atomic mass is 16.5. The molecule has 0 aromatic heterocycles. The van der Waals surface area contributed by atoms with Crippen LogP contribution in [0.4, 0.5) is 0 Å². The molecule has 4 heteroatoms. The number of carbonyl (C=O) groups excluding carboxylic acids is 2. The zero-order valence-corrected chi connectivity index (χ0v) is 18.9. The van der Waals surface area contributed by atoms with Crippen LogP contribution in [0.1, 0.15) is 95.0 Å². The fraction of sp³-hybridized carbons (Fsp3) is 0.680. The van der Waals surface area contributed by atoms with Crippen LogP contribution < -0.4 is 0 Å². The molecule has 0 saturated carbocycles. The van der Waals surface area contributed by atoms with Gasteiger partial charge < -0.3 is 9.47 Å². The third-order valence-electron chi connectivity index (χ3n) is 4.92. The Labute approximate surface area is 177 Å². The Balaban J connectivity index is 2.34. The van der Waals surface area contributed by atoms with Crippen molar-refractivity contribution in [2.24, 2.45) is 11.8 Å². The molecular weight excluding hydrogens is 364 g/mol. The number of rotatable bonds is 15. The maximum absolute atomic E-state index is 12.4. The summed E-state index contributed by atoms with van der Waals surface area (Å²) in [5, 5.41) is 0. The summed E-state index contributed by atoms with van der Waals surface area (Å²) in [5.41, 5.74) is 1.13. The highest BCUT2D eigenvalue weighted by molar-refractivity contribution is 5.92. The molecule has 0 atom stereocenters. The number of esters is 2. The van der Waals surface area contributed by atoms with E-state index < -0.39 is 0 Å². The third kappa shape index (κ3) is 12.4. The number of unbranched alkanes of at least 4 members (excludes halogenated alkanes) is 4. The SMILES string of the molecule is CC(C)CCCCCOC(=O)Cc1ccccc1C(=O)OCCCCCC(C)C. The van der Waals surface area contributed by atoms with Crippen LogP contribution in [-0.2, 0) is 20.7 Å². The van der Waals surface area contributed by atoms with Crippen LogP contribution in [0.5, 0.6) is 0 Å². The van der Waals surface area contributed by atoms with Gasteiger partial charge in [0.05, 0.1) is 25.2 Å². The molecule has 0 aliphatic rings. The fourth-order valence-corrected chi connectivity index (χ4v) is 3.17. The zero-order valence-electron chi connectivity index (χ0n) is 18.9. The monoisotopic (exact) mass is 404 g/mol. The van der Waals surface area contributed by atoms with E-state index in [9.17, 15) is 9.59 Å². The Morgan fingerprint density at radius 2 is 1.31 bits per heavy atom. The lowest BCUT2D eigenvalue weighted by Gasteiger charge is -2.10. The molecule has 0 heterocycles. The quantitative estimate of drug-likeness (QED) is 0.252. The van der Waals surface area contributed by atoms with E-state index in [-0.39, 0.29) is 18.4 Å². The minimum absolute atomic E-state index is 0.103. The summed E-state index contributed by atoms with van der Waals surface area (Å²) >= 11 is 0. The number of ether oxygens (including phenoxy) is 2. The number of hydrogen-bond donors (Lipinski definition) is 0. The van der Waals surface area contributed by atoms with Crippen LogP contribution >= 0.6 is 0 Å². The van der Waals surface area contributed by atoms with E-state index in [0.717, 1.165) is 32.1 Å². The van der Waals surface area contributed by atoms with Gasteiger partial charge in [-0.05, 0) is 36.3 Å². The standard InChI is InChI=1S/C25H40O4/c1-20(2)13-7-5-11-17-28-24(26)19-22-15-9-10-16-23(22)25(27)29-18-12-6-8-14-21(3)4/h9-10,15-16,20-21H,5-8,11-14,17-19H2,1-4H3. The number of hydrogen-bond acceptors (Lipinski definition) is 4. The van der Waals surface area contributed by atoms with Crippen molar-refractivity contribution in [1.82, 2.24) is 0 Å². The van der Waals surface area contributed by atoms with Crippen LogP contribution in [-0.4, -0.2) is 25.2 Å². The van der Waals surface area contributed by atoms with Crippen LogP contribution in [0, 0.1) is 11.8 Å². The first-order chi connectivity index (χ1) is 13.9. The molecule has 164 valence electrons. The second-order valence-electron chi connectivity index (χ2n) is 8.68. The van der Waals surface area contributed by atoms with Gasteiger partial charge in [-0.15, -0.1) is 0 Å². The topological polar surface area (TPSA) is 52.6 Å². The maximum Gasteiger partial charge on any atom is 0.338 e. The van der Waals surface area contributed by atoms with Crippen LogP contribution in [0.2, 0.25) is 0 Å². The normalized spacial score (nSPS) is 11.1. The maximum atomic E-state index is 12.4. The van der Waals surface area contributed by atoms with Gasteiger partial charge >= 0.3 is 11.9 Å². The van der Waals surface area contributed by atoms with Crippen molar-refractivity contribution in [3.05, 3.63) is 35.4 Å². The molecule has 0 unspecified atom stereocenters. The van der Waals surface area contributed by atoms with Crippen molar-refractivity contribution >= 4 is 11.9 Å². The molecule has 1 rings (SSSR count). The Morgan fingerprint density at radius 3 is 1.90 bits per heavy atom. The van der Waals surface area contributed by atoms with Crippen molar-refractivity contribution in [1.29, 1.82) is 0 Å². The van der Waals surface area contributed by atoms with Gasteiger partial charge in [0, 0.05) is 0 Å². The molecule has 1 aromatic rings. The largest absolute Gasteiger partial charge is 0.465 e. The van der Waals surface area contributed by atoms with Gasteiger partial charge in [0.15, 0.2) is 0 Å². The van der Waals surface area contributed by atoms with Gasteiger partial charge in [-0.3, -0.25) is 4.79 Å². The van der Waals surface area contributed by atoms with Gasteiger partial charge in [-0.1, -0.05) is 84.4 Å². The summed E-state index contributed by atoms with van der Waals surface area (Å²) in [7, 11) is 0. The molecule has 0 radical (unpaired) electrons. The summed E-state index contributed by atoms with van der Waals surface area (Å²) in [4.78, 5) is 24.5. The third-order valence-corrected chi connectivity index (χ3v) is 4.92. The average Bonchev–Trinajstić information content (AvgIpc) is 2.67. The van der Waals surface area contributed by atoms with Crippen LogP contribution in [0.15, 0.2) is 24.3 Å². The van der Waals surface area contributed by atoms with E-state index in [1.165, 1.54) is 19.3 Å². The summed E-state index contributed by atoms with van der Waals surface area (Å²) in [5.74, 6) is 0.784. The van der Waals surface area contributed by atoms with E-state index in [1.807, 2.05) is 6.07 Å². The summed E-state index contributed by atoms with van der Waals surface area (Å²) in [6.45, 7) is 9.74. The molecular formula is C25H40O4. The van der Waals surface area contributed by atoms with Crippen molar-refractivity contribution in [3.8, 4) is 0 Å². The zero-order chi connectivity index (χ0) is 21.5. The van der Waals surface area contributed by atoms with Gasteiger partial charge in [-0.25, -0.2) is 4.79 Å². The summed E-state index contributed by atoms with van der Waals surface area (Å²) in [6.07, 6.45) is 8.75. The molecule has 4 nitrogen and oxygen atoms in total. The smallest absolute Gasteiger partial charge is 0.338 e. The molecule has 0 bridgehead atoms. The Bertz CT molecular complexity index is 592. The fourth-order valence-electron chi connectivity index (χ4n) is 3.17. The summed E-state index contributed by atoms with van der Waals surface area (Å²) in [6, 6.07) is 7.14. The molecule has 0 aliphatic carbocycles. The molecule has 0 N–H and O–H groups in total. The van der Waals surface area contributed by atoms with Crippen molar-refractivity contribution in [3.63, 3.8) is 0 Å². The van der Waals surface area contributed by atoms with Gasteiger partial charge in [0.25, 0.3) is 0 Å². The average molecular weight is 405 g/mol. The molecule has 0 fully saturated rings. The van der Waals surface area contributed by atoms with E-state index in [0.29, 0.717) is 36.2 Å². The van der Waals surface area contributed by atoms with E-state index in [2.05, 4.69) is 27.7 Å². The van der Waals surface area contributed by atoms with Crippen molar-refractivity contribution in [2.75, 3.05) is 13.2 Å². The molecule has 29 heavy (non-hydrogen) atoms. The predicted octanol–water partition coefficient (Wildman–Crippen LogP) is 6.36. The van der Waals surface area contributed by atoms with Crippen molar-refractivity contribution < 1.29 is 19.1 Å². The highest BCUT2D eigenvalue weighted by Gasteiger charge is 2.15. The van der Waals surface area contributed by atoms with E-state index in [4.69, 9.17) is 9.47 Å². The second-order valence-corrected chi connectivity index (χ2v) is 8.68. The van der Waals surface area contributed by atoms with E-state index >= 15 is 0 Å². The lowest BCUT2D eigenvalue weighted by Crippen LogP contribution is -2.14. The first kappa shape index (κ1) is 25.2.